The molecule has 0 aliphatic heterocycles. The Morgan fingerprint density at radius 1 is 1.10 bits per heavy atom. The molecule has 0 aliphatic carbocycles. The molecule has 8 heteroatoms. The lowest BCUT2D eigenvalue weighted by molar-refractivity contribution is 0.0976. The predicted octanol–water partition coefficient (Wildman–Crippen LogP) is 4.09. The quantitative estimate of drug-likeness (QED) is 0.444. The van der Waals surface area contributed by atoms with E-state index in [1.54, 1.807) is 30.5 Å². The van der Waals surface area contributed by atoms with Crippen LogP contribution in [0.15, 0.2) is 71.3 Å². The molecule has 0 spiro atoms. The van der Waals surface area contributed by atoms with Crippen molar-refractivity contribution in [2.45, 2.75) is 13.5 Å². The van der Waals surface area contributed by atoms with Crippen LogP contribution in [-0.4, -0.2) is 27.6 Å². The van der Waals surface area contributed by atoms with E-state index in [0.717, 1.165) is 16.9 Å². The van der Waals surface area contributed by atoms with E-state index < -0.39 is 0 Å². The molecule has 2 N–H and O–H groups in total. The molecule has 0 aliphatic rings. The van der Waals surface area contributed by atoms with E-state index in [4.69, 9.17) is 21.4 Å². The molecule has 31 heavy (non-hydrogen) atoms. The van der Waals surface area contributed by atoms with Gasteiger partial charge < -0.3 is 14.5 Å². The summed E-state index contributed by atoms with van der Waals surface area (Å²) in [6.45, 7) is 2.95. The number of carbonyl (C=O) groups excluding carboxylic acids is 1. The van der Waals surface area contributed by atoms with Crippen molar-refractivity contribution >= 4 is 34.5 Å². The van der Waals surface area contributed by atoms with E-state index in [2.05, 4.69) is 20.6 Å². The molecule has 7 nitrogen and oxygen atoms in total. The SMILES string of the molecule is CCOc1ccc(C(=O)NC(=S)NCc2ccc(-c3nc4ncccc4o3)cc2)cc1. The highest BCUT2D eigenvalue weighted by Gasteiger charge is 2.10. The molecule has 0 radical (unpaired) electrons. The van der Waals surface area contributed by atoms with Crippen LogP contribution < -0.4 is 15.4 Å². The van der Waals surface area contributed by atoms with Gasteiger partial charge in [0, 0.05) is 23.9 Å². The third kappa shape index (κ3) is 5.04. The monoisotopic (exact) mass is 432 g/mol. The number of hydrogen-bond acceptors (Lipinski definition) is 6. The number of oxazole rings is 1. The van der Waals surface area contributed by atoms with E-state index in [0.29, 0.717) is 35.8 Å². The van der Waals surface area contributed by atoms with E-state index in [1.807, 2.05) is 43.3 Å². The van der Waals surface area contributed by atoms with Gasteiger partial charge in [0.1, 0.15) is 5.75 Å². The molecule has 4 aromatic rings. The van der Waals surface area contributed by atoms with Crippen molar-refractivity contribution in [3.05, 3.63) is 78.0 Å². The van der Waals surface area contributed by atoms with Gasteiger partial charge in [-0.3, -0.25) is 10.1 Å². The average Bonchev–Trinajstić information content (AvgIpc) is 3.23. The molecule has 0 fully saturated rings. The standard InChI is InChI=1S/C23H20N4O3S/c1-2-29-18-11-9-16(10-12-18)21(28)27-23(31)25-14-15-5-7-17(8-6-15)22-26-20-19(30-22)4-3-13-24-20/h3-13H,2,14H2,1H3,(H2,25,27,28,31). The molecule has 2 aromatic carbocycles. The number of fused-ring (bicyclic) bond motifs is 1. The van der Waals surface area contributed by atoms with Gasteiger partial charge in [0.2, 0.25) is 5.89 Å². The van der Waals surface area contributed by atoms with Gasteiger partial charge >= 0.3 is 0 Å². The van der Waals surface area contributed by atoms with Crippen LogP contribution in [0.1, 0.15) is 22.8 Å². The van der Waals surface area contributed by atoms with Gasteiger partial charge in [-0.05, 0) is 73.2 Å². The predicted molar refractivity (Wildman–Crippen MR) is 122 cm³/mol. The summed E-state index contributed by atoms with van der Waals surface area (Å²) < 4.78 is 11.1. The Morgan fingerprint density at radius 3 is 2.58 bits per heavy atom. The van der Waals surface area contributed by atoms with Gasteiger partial charge in [0.25, 0.3) is 5.91 Å². The zero-order valence-electron chi connectivity index (χ0n) is 16.8. The smallest absolute Gasteiger partial charge is 0.257 e. The number of pyridine rings is 1. The van der Waals surface area contributed by atoms with Crippen molar-refractivity contribution in [1.29, 1.82) is 0 Å². The summed E-state index contributed by atoms with van der Waals surface area (Å²) in [6, 6.07) is 18.3. The summed E-state index contributed by atoms with van der Waals surface area (Å²) >= 11 is 5.24. The van der Waals surface area contributed by atoms with Crippen molar-refractivity contribution in [3.8, 4) is 17.2 Å². The molecular weight excluding hydrogens is 412 g/mol. The maximum Gasteiger partial charge on any atom is 0.257 e. The number of nitrogens with one attached hydrogen (secondary N) is 2. The Balaban J connectivity index is 1.31. The maximum atomic E-state index is 12.3. The molecule has 4 rings (SSSR count). The van der Waals surface area contributed by atoms with Crippen LogP contribution in [0.2, 0.25) is 0 Å². The number of thiocarbonyl (C=S) groups is 1. The first-order valence-electron chi connectivity index (χ1n) is 9.75. The largest absolute Gasteiger partial charge is 0.494 e. The summed E-state index contributed by atoms with van der Waals surface area (Å²) in [4.78, 5) is 20.9. The fraction of sp³-hybridized carbons (Fsp3) is 0.130. The highest BCUT2D eigenvalue weighted by Crippen LogP contribution is 2.23. The van der Waals surface area contributed by atoms with Crippen LogP contribution in [0.4, 0.5) is 0 Å². The minimum absolute atomic E-state index is 0.257. The number of carbonyl (C=O) groups is 1. The fourth-order valence-corrected chi connectivity index (χ4v) is 3.09. The molecule has 0 saturated heterocycles. The number of ether oxygens (including phenoxy) is 1. The number of benzene rings is 2. The normalized spacial score (nSPS) is 10.6. The number of amides is 1. The van der Waals surface area contributed by atoms with Gasteiger partial charge in [0.15, 0.2) is 16.3 Å². The third-order valence-electron chi connectivity index (χ3n) is 4.47. The summed E-state index contributed by atoms with van der Waals surface area (Å²) in [6.07, 6.45) is 1.68. The topological polar surface area (TPSA) is 89.3 Å². The van der Waals surface area contributed by atoms with Crippen molar-refractivity contribution in [2.75, 3.05) is 6.61 Å². The zero-order valence-corrected chi connectivity index (χ0v) is 17.6. The Hall–Kier alpha value is -3.78. The van der Waals surface area contributed by atoms with Gasteiger partial charge in [-0.15, -0.1) is 0 Å². The number of rotatable bonds is 6. The molecule has 1 amide bonds. The Bertz CT molecular complexity index is 1170. The maximum absolute atomic E-state index is 12.3. The van der Waals surface area contributed by atoms with Crippen molar-refractivity contribution in [3.63, 3.8) is 0 Å². The molecule has 156 valence electrons. The van der Waals surface area contributed by atoms with Crippen LogP contribution in [0.25, 0.3) is 22.7 Å². The van der Waals surface area contributed by atoms with Gasteiger partial charge in [-0.2, -0.15) is 4.98 Å². The zero-order chi connectivity index (χ0) is 21.6. The second kappa shape index (κ2) is 9.36. The number of hydrogen-bond donors (Lipinski definition) is 2. The first-order chi connectivity index (χ1) is 15.1. The van der Waals surface area contributed by atoms with E-state index >= 15 is 0 Å². The van der Waals surface area contributed by atoms with Gasteiger partial charge in [-0.25, -0.2) is 4.98 Å². The molecule has 2 heterocycles. The molecule has 2 aromatic heterocycles. The van der Waals surface area contributed by atoms with E-state index in [9.17, 15) is 4.79 Å². The first kappa shape index (κ1) is 20.5. The Labute approximate surface area is 184 Å². The lowest BCUT2D eigenvalue weighted by Crippen LogP contribution is -2.38. The van der Waals surface area contributed by atoms with Crippen LogP contribution in [0.3, 0.4) is 0 Å². The first-order valence-corrected chi connectivity index (χ1v) is 10.2. The highest BCUT2D eigenvalue weighted by atomic mass is 32.1. The number of aromatic nitrogens is 2. The Kier molecular flexibility index (Phi) is 6.18. The summed E-state index contributed by atoms with van der Waals surface area (Å²) in [5.41, 5.74) is 3.59. The second-order valence-electron chi connectivity index (χ2n) is 6.64. The van der Waals surface area contributed by atoms with Gasteiger partial charge in [0.05, 0.1) is 6.61 Å². The lowest BCUT2D eigenvalue weighted by Gasteiger charge is -2.10. The molecule has 0 saturated carbocycles. The summed E-state index contributed by atoms with van der Waals surface area (Å²) in [5, 5.41) is 5.97. The van der Waals surface area contributed by atoms with Crippen LogP contribution in [0, 0.1) is 0 Å². The summed E-state index contributed by atoms with van der Waals surface area (Å²) in [7, 11) is 0. The fourth-order valence-electron chi connectivity index (χ4n) is 2.93. The van der Waals surface area contributed by atoms with E-state index in [-0.39, 0.29) is 11.0 Å². The van der Waals surface area contributed by atoms with Crippen LogP contribution in [-0.2, 0) is 6.54 Å². The minimum atomic E-state index is -0.277. The minimum Gasteiger partial charge on any atom is -0.494 e. The van der Waals surface area contributed by atoms with E-state index in [1.165, 1.54) is 0 Å². The third-order valence-corrected chi connectivity index (χ3v) is 4.72. The van der Waals surface area contributed by atoms with Crippen molar-refractivity contribution in [2.24, 2.45) is 0 Å². The lowest BCUT2D eigenvalue weighted by atomic mass is 10.1. The van der Waals surface area contributed by atoms with Crippen molar-refractivity contribution < 1.29 is 13.9 Å². The molecular formula is C23H20N4O3S. The van der Waals surface area contributed by atoms with Crippen molar-refractivity contribution in [1.82, 2.24) is 20.6 Å². The second-order valence-corrected chi connectivity index (χ2v) is 7.04. The molecule has 0 bridgehead atoms. The van der Waals surface area contributed by atoms with Crippen LogP contribution >= 0.6 is 12.2 Å². The number of nitrogens with zero attached hydrogens (tertiary/aromatic N) is 2. The average molecular weight is 433 g/mol. The Morgan fingerprint density at radius 2 is 1.87 bits per heavy atom. The van der Waals surface area contributed by atoms with Gasteiger partial charge in [-0.1, -0.05) is 12.1 Å². The van der Waals surface area contributed by atoms with Crippen LogP contribution in [0.5, 0.6) is 5.75 Å². The highest BCUT2D eigenvalue weighted by molar-refractivity contribution is 7.80. The summed E-state index contributed by atoms with van der Waals surface area (Å²) in [5.74, 6) is 0.962. The molecule has 0 unspecified atom stereocenters. The molecule has 0 atom stereocenters.